The highest BCUT2D eigenvalue weighted by Gasteiger charge is 2.37. The minimum atomic E-state index is 0.567. The van der Waals surface area contributed by atoms with Gasteiger partial charge in [0.15, 0.2) is 0 Å². The van der Waals surface area contributed by atoms with Gasteiger partial charge in [0.2, 0.25) is 0 Å². The number of nitrogens with zero attached hydrogens (tertiary/aromatic N) is 2. The van der Waals surface area contributed by atoms with Gasteiger partial charge in [-0.05, 0) is 13.0 Å². The normalized spacial score (nSPS) is 29.7. The van der Waals surface area contributed by atoms with Crippen molar-refractivity contribution in [3.8, 4) is 0 Å². The van der Waals surface area contributed by atoms with Crippen LogP contribution in [0.15, 0.2) is 11.4 Å². The molecule has 2 aliphatic heterocycles. The van der Waals surface area contributed by atoms with Crippen molar-refractivity contribution in [1.82, 2.24) is 15.3 Å². The number of nitrogens with one attached hydrogen (secondary N) is 1. The molecule has 1 fully saturated rings. The Bertz CT molecular complexity index is 368. The van der Waals surface area contributed by atoms with E-state index >= 15 is 0 Å². The van der Waals surface area contributed by atoms with E-state index in [1.54, 1.807) is 6.33 Å². The van der Waals surface area contributed by atoms with E-state index in [9.17, 15) is 0 Å². The summed E-state index contributed by atoms with van der Waals surface area (Å²) in [6.45, 7) is 2.14. The fourth-order valence-corrected chi connectivity index (χ4v) is 3.68. The molecule has 0 aromatic carbocycles. The molecule has 1 aromatic heterocycles. The molecule has 0 radical (unpaired) electrons. The summed E-state index contributed by atoms with van der Waals surface area (Å²) >= 11 is 1.84. The van der Waals surface area contributed by atoms with Crippen molar-refractivity contribution < 1.29 is 0 Å². The van der Waals surface area contributed by atoms with E-state index < -0.39 is 0 Å². The van der Waals surface area contributed by atoms with Crippen LogP contribution < -0.4 is 11.1 Å². The van der Waals surface area contributed by atoms with Crippen molar-refractivity contribution in [3.05, 3.63) is 11.9 Å². The molecule has 0 saturated carbocycles. The van der Waals surface area contributed by atoms with Gasteiger partial charge in [0.1, 0.15) is 17.2 Å². The van der Waals surface area contributed by atoms with Crippen LogP contribution in [0.25, 0.3) is 0 Å². The Kier molecular flexibility index (Phi) is 1.88. The Balaban J connectivity index is 2.06. The number of hydrogen-bond donors (Lipinski definition) is 2. The summed E-state index contributed by atoms with van der Waals surface area (Å²) in [7, 11) is 0. The van der Waals surface area contributed by atoms with Crippen LogP contribution in [0.4, 0.5) is 5.82 Å². The molecule has 1 saturated heterocycles. The molecule has 0 aliphatic carbocycles. The molecule has 1 aromatic rings. The molecule has 3 N–H and O–H groups in total. The maximum Gasteiger partial charge on any atom is 0.131 e. The van der Waals surface area contributed by atoms with Gasteiger partial charge in [0.25, 0.3) is 0 Å². The number of rotatable bonds is 0. The summed E-state index contributed by atoms with van der Waals surface area (Å²) in [5.41, 5.74) is 7.09. The quantitative estimate of drug-likeness (QED) is 0.612. The van der Waals surface area contributed by atoms with Crippen LogP contribution in [-0.4, -0.2) is 28.3 Å². The summed E-state index contributed by atoms with van der Waals surface area (Å²) < 4.78 is 0. The molecule has 74 valence electrons. The molecule has 0 bridgehead atoms. The molecule has 3 rings (SSSR count). The third-order valence-corrected chi connectivity index (χ3v) is 4.28. The van der Waals surface area contributed by atoms with E-state index in [4.69, 9.17) is 5.73 Å². The van der Waals surface area contributed by atoms with Crippen molar-refractivity contribution in [1.29, 1.82) is 0 Å². The van der Waals surface area contributed by atoms with Crippen LogP contribution >= 0.6 is 11.8 Å². The second-order valence-corrected chi connectivity index (χ2v) is 4.96. The highest BCUT2D eigenvalue weighted by atomic mass is 32.2. The van der Waals surface area contributed by atoms with Gasteiger partial charge >= 0.3 is 0 Å². The van der Waals surface area contributed by atoms with Gasteiger partial charge in [0.05, 0.1) is 0 Å². The second-order valence-electron chi connectivity index (χ2n) is 3.73. The van der Waals surface area contributed by atoms with Crippen molar-refractivity contribution >= 4 is 17.6 Å². The predicted octanol–water partition coefficient (Wildman–Crippen LogP) is 0.610. The maximum absolute atomic E-state index is 5.89. The van der Waals surface area contributed by atoms with Gasteiger partial charge in [0, 0.05) is 23.3 Å². The summed E-state index contributed by atoms with van der Waals surface area (Å²) in [4.78, 5) is 8.36. The number of aromatic nitrogens is 2. The van der Waals surface area contributed by atoms with Gasteiger partial charge in [-0.3, -0.25) is 0 Å². The predicted molar refractivity (Wildman–Crippen MR) is 56.3 cm³/mol. The first kappa shape index (κ1) is 8.49. The lowest BCUT2D eigenvalue weighted by molar-refractivity contribution is 0.476. The third-order valence-electron chi connectivity index (χ3n) is 2.94. The SMILES string of the molecule is Nc1ncnc2c1[C@@H]1CCNC[C@H]1S2. The molecule has 2 aliphatic rings. The molecule has 4 nitrogen and oxygen atoms in total. The molecule has 0 spiro atoms. The number of nitrogen functional groups attached to an aromatic ring is 1. The fraction of sp³-hybridized carbons (Fsp3) is 0.556. The van der Waals surface area contributed by atoms with E-state index in [1.165, 1.54) is 5.56 Å². The minimum Gasteiger partial charge on any atom is -0.383 e. The molecular formula is C9H12N4S. The van der Waals surface area contributed by atoms with Gasteiger partial charge in [-0.2, -0.15) is 0 Å². The molecule has 5 heteroatoms. The summed E-state index contributed by atoms with van der Waals surface area (Å²) in [5, 5.41) is 5.10. The summed E-state index contributed by atoms with van der Waals surface area (Å²) in [5.74, 6) is 1.24. The zero-order valence-corrected chi connectivity index (χ0v) is 8.55. The number of piperidine rings is 1. The van der Waals surface area contributed by atoms with Crippen molar-refractivity contribution in [2.24, 2.45) is 0 Å². The number of hydrogen-bond acceptors (Lipinski definition) is 5. The molecule has 2 atom stereocenters. The lowest BCUT2D eigenvalue weighted by Crippen LogP contribution is -2.35. The topological polar surface area (TPSA) is 63.8 Å². The lowest BCUT2D eigenvalue weighted by Gasteiger charge is -2.25. The van der Waals surface area contributed by atoms with E-state index in [1.807, 2.05) is 11.8 Å². The second kappa shape index (κ2) is 3.10. The van der Waals surface area contributed by atoms with Crippen LogP contribution in [0.3, 0.4) is 0 Å². The molecule has 3 heterocycles. The Morgan fingerprint density at radius 3 is 3.36 bits per heavy atom. The lowest BCUT2D eigenvalue weighted by atomic mass is 9.91. The van der Waals surface area contributed by atoms with Gasteiger partial charge in [-0.15, -0.1) is 11.8 Å². The van der Waals surface area contributed by atoms with E-state index in [0.717, 1.165) is 24.5 Å². The zero-order valence-electron chi connectivity index (χ0n) is 7.73. The average molecular weight is 208 g/mol. The fourth-order valence-electron chi connectivity index (χ4n) is 2.26. The number of fused-ring (bicyclic) bond motifs is 3. The minimum absolute atomic E-state index is 0.567. The smallest absolute Gasteiger partial charge is 0.131 e. The van der Waals surface area contributed by atoms with Crippen molar-refractivity contribution in [2.75, 3.05) is 18.8 Å². The zero-order chi connectivity index (χ0) is 9.54. The Morgan fingerprint density at radius 1 is 1.50 bits per heavy atom. The van der Waals surface area contributed by atoms with Gasteiger partial charge < -0.3 is 11.1 Å². The third kappa shape index (κ3) is 1.12. The summed E-state index contributed by atoms with van der Waals surface area (Å²) in [6.07, 6.45) is 2.72. The van der Waals surface area contributed by atoms with Crippen LogP contribution in [0.1, 0.15) is 17.9 Å². The molecular weight excluding hydrogens is 196 g/mol. The van der Waals surface area contributed by atoms with E-state index in [0.29, 0.717) is 17.0 Å². The monoisotopic (exact) mass is 208 g/mol. The van der Waals surface area contributed by atoms with Crippen LogP contribution in [-0.2, 0) is 0 Å². The van der Waals surface area contributed by atoms with Crippen LogP contribution in [0.5, 0.6) is 0 Å². The Hall–Kier alpha value is -0.810. The molecule has 0 unspecified atom stereocenters. The molecule has 14 heavy (non-hydrogen) atoms. The van der Waals surface area contributed by atoms with Crippen LogP contribution in [0.2, 0.25) is 0 Å². The van der Waals surface area contributed by atoms with E-state index in [-0.39, 0.29) is 0 Å². The first-order chi connectivity index (χ1) is 6.86. The molecule has 0 amide bonds. The Labute approximate surface area is 86.7 Å². The first-order valence-corrected chi connectivity index (χ1v) is 5.72. The van der Waals surface area contributed by atoms with Crippen molar-refractivity contribution in [3.63, 3.8) is 0 Å². The number of thioether (sulfide) groups is 1. The van der Waals surface area contributed by atoms with E-state index in [2.05, 4.69) is 15.3 Å². The summed E-state index contributed by atoms with van der Waals surface area (Å²) in [6, 6.07) is 0. The highest BCUT2D eigenvalue weighted by molar-refractivity contribution is 8.00. The highest BCUT2D eigenvalue weighted by Crippen LogP contribution is 2.48. The van der Waals surface area contributed by atoms with Crippen LogP contribution in [0, 0.1) is 0 Å². The van der Waals surface area contributed by atoms with Gasteiger partial charge in [-0.25, -0.2) is 9.97 Å². The van der Waals surface area contributed by atoms with Crippen molar-refractivity contribution in [2.45, 2.75) is 22.6 Å². The number of nitrogens with two attached hydrogens (primary N) is 1. The Morgan fingerprint density at radius 2 is 2.43 bits per heavy atom. The first-order valence-electron chi connectivity index (χ1n) is 4.84. The van der Waals surface area contributed by atoms with Gasteiger partial charge in [-0.1, -0.05) is 0 Å². The standard InChI is InChI=1S/C9H12N4S/c10-8-7-5-1-2-11-3-6(5)14-9(7)13-4-12-8/h4-6,11H,1-3H2,(H2,10,12,13)/t5-,6-/m1/s1. The maximum atomic E-state index is 5.89. The average Bonchev–Trinajstić information content (AvgIpc) is 2.57. The number of anilines is 1. The largest absolute Gasteiger partial charge is 0.383 e.